The van der Waals surface area contributed by atoms with Crippen LogP contribution in [0.4, 0.5) is 0 Å². The molecule has 1 unspecified atom stereocenters. The summed E-state index contributed by atoms with van der Waals surface area (Å²) in [7, 11) is 0. The van der Waals surface area contributed by atoms with Gasteiger partial charge in [-0.15, -0.1) is 0 Å². The number of carbonyl (C=O) groups excluding carboxylic acids is 3. The molecule has 0 heterocycles. The number of rotatable bonds is 58. The van der Waals surface area contributed by atoms with Crippen LogP contribution in [0.1, 0.15) is 297 Å². The highest BCUT2D eigenvalue weighted by Crippen LogP contribution is 2.16. The molecule has 6 nitrogen and oxygen atoms in total. The summed E-state index contributed by atoms with van der Waals surface area (Å²) in [6.45, 7) is 6.45. The van der Waals surface area contributed by atoms with Crippen LogP contribution in [0.3, 0.4) is 0 Å². The Kier molecular flexibility index (Phi) is 61.8. The van der Waals surface area contributed by atoms with Crippen molar-refractivity contribution in [2.75, 3.05) is 13.2 Å². The van der Waals surface area contributed by atoms with Crippen molar-refractivity contribution in [2.45, 2.75) is 303 Å². The molecule has 0 rings (SSSR count). The van der Waals surface area contributed by atoms with Crippen molar-refractivity contribution < 1.29 is 28.6 Å². The standard InChI is InChI=1S/C72H120O6/c1-4-7-10-13-16-19-22-25-26-27-28-29-30-31-32-33-34-35-36-37-38-39-40-41-42-43-44-45-46-48-50-53-56-59-62-65-71(74)77-68-69(67-76-70(73)64-61-58-55-52-49-24-21-18-15-12-9-6-3)78-72(75)66-63-60-57-54-51-47-23-20-17-14-11-8-5-2/h7,10-11,14,16,19-20,23,25-26,28-29,31-32,34-35,37-38,40-41,69H,4-6,8-9,12-13,15,17-18,21-22,24,27,30,33,36,39,42-68H2,1-3H3/b10-7-,14-11-,19-16-,23-20-,26-25-,29-28-,32-31-,35-34-,38-37-,41-40-. The van der Waals surface area contributed by atoms with Gasteiger partial charge in [0.15, 0.2) is 6.10 Å². The molecule has 444 valence electrons. The van der Waals surface area contributed by atoms with E-state index in [0.717, 1.165) is 141 Å². The van der Waals surface area contributed by atoms with E-state index in [4.69, 9.17) is 14.2 Å². The predicted molar refractivity (Wildman–Crippen MR) is 339 cm³/mol. The number of carbonyl (C=O) groups is 3. The molecule has 6 heteroatoms. The van der Waals surface area contributed by atoms with E-state index in [-0.39, 0.29) is 31.1 Å². The highest BCUT2D eigenvalue weighted by Gasteiger charge is 2.19. The first kappa shape index (κ1) is 73.8. The molecule has 0 aromatic heterocycles. The van der Waals surface area contributed by atoms with Gasteiger partial charge in [0.25, 0.3) is 0 Å². The summed E-state index contributed by atoms with van der Waals surface area (Å²) < 4.78 is 16.9. The third kappa shape index (κ3) is 62.7. The Balaban J connectivity index is 4.18. The highest BCUT2D eigenvalue weighted by atomic mass is 16.6. The first-order valence-corrected chi connectivity index (χ1v) is 32.5. The summed E-state index contributed by atoms with van der Waals surface area (Å²) in [5.41, 5.74) is 0. The number of ether oxygens (including phenoxy) is 3. The predicted octanol–water partition coefficient (Wildman–Crippen LogP) is 22.4. The van der Waals surface area contributed by atoms with Gasteiger partial charge in [-0.1, -0.05) is 290 Å². The largest absolute Gasteiger partial charge is 0.462 e. The molecule has 0 saturated heterocycles. The number of esters is 3. The van der Waals surface area contributed by atoms with Crippen molar-refractivity contribution >= 4 is 17.9 Å². The normalized spacial score (nSPS) is 12.9. The van der Waals surface area contributed by atoms with Crippen LogP contribution in [-0.2, 0) is 28.6 Å². The lowest BCUT2D eigenvalue weighted by atomic mass is 10.0. The van der Waals surface area contributed by atoms with Crippen molar-refractivity contribution in [2.24, 2.45) is 0 Å². The van der Waals surface area contributed by atoms with E-state index in [9.17, 15) is 14.4 Å². The molecule has 0 amide bonds. The molecule has 0 bridgehead atoms. The maximum atomic E-state index is 12.8. The molecule has 0 aliphatic carbocycles. The quantitative estimate of drug-likeness (QED) is 0.0261. The van der Waals surface area contributed by atoms with Gasteiger partial charge in [0, 0.05) is 19.3 Å². The zero-order valence-corrected chi connectivity index (χ0v) is 50.9. The molecule has 0 aliphatic heterocycles. The Morgan fingerprint density at radius 2 is 0.526 bits per heavy atom. The molecule has 0 saturated carbocycles. The Morgan fingerprint density at radius 1 is 0.269 bits per heavy atom. The Hall–Kier alpha value is -4.19. The monoisotopic (exact) mass is 1080 g/mol. The number of hydrogen-bond donors (Lipinski definition) is 0. The molecular weight excluding hydrogens is 961 g/mol. The molecule has 0 aliphatic rings. The van der Waals surface area contributed by atoms with Crippen molar-refractivity contribution in [1.29, 1.82) is 0 Å². The van der Waals surface area contributed by atoms with Gasteiger partial charge in [0.05, 0.1) is 0 Å². The lowest BCUT2D eigenvalue weighted by Gasteiger charge is -2.18. The average molecular weight is 1080 g/mol. The zero-order chi connectivity index (χ0) is 56.4. The van der Waals surface area contributed by atoms with Crippen molar-refractivity contribution in [3.05, 3.63) is 122 Å². The third-order valence-electron chi connectivity index (χ3n) is 13.7. The number of hydrogen-bond acceptors (Lipinski definition) is 6. The molecule has 0 fully saturated rings. The first-order valence-electron chi connectivity index (χ1n) is 32.5. The third-order valence-corrected chi connectivity index (χ3v) is 13.7. The van der Waals surface area contributed by atoms with Crippen LogP contribution in [-0.4, -0.2) is 37.2 Å². The Bertz CT molecular complexity index is 1620. The van der Waals surface area contributed by atoms with Gasteiger partial charge in [-0.05, 0) is 109 Å². The Labute approximate surface area is 482 Å². The fourth-order valence-electron chi connectivity index (χ4n) is 8.85. The molecule has 0 spiro atoms. The maximum Gasteiger partial charge on any atom is 0.306 e. The van der Waals surface area contributed by atoms with E-state index in [1.165, 1.54) is 116 Å². The molecule has 1 atom stereocenters. The summed E-state index contributed by atoms with van der Waals surface area (Å²) in [5.74, 6) is -0.898. The van der Waals surface area contributed by atoms with Gasteiger partial charge >= 0.3 is 17.9 Å². The van der Waals surface area contributed by atoms with Crippen LogP contribution in [0.15, 0.2) is 122 Å². The maximum absolute atomic E-state index is 12.8. The van der Waals surface area contributed by atoms with Gasteiger partial charge in [-0.2, -0.15) is 0 Å². The summed E-state index contributed by atoms with van der Waals surface area (Å²) in [5, 5.41) is 0. The lowest BCUT2D eigenvalue weighted by molar-refractivity contribution is -0.167. The molecule has 0 radical (unpaired) electrons. The van der Waals surface area contributed by atoms with E-state index in [1.54, 1.807) is 0 Å². The molecule has 78 heavy (non-hydrogen) atoms. The number of unbranched alkanes of at least 4 members (excludes halogenated alkanes) is 27. The van der Waals surface area contributed by atoms with E-state index in [1.807, 2.05) is 0 Å². The van der Waals surface area contributed by atoms with E-state index < -0.39 is 6.10 Å². The fourth-order valence-corrected chi connectivity index (χ4v) is 8.85. The highest BCUT2D eigenvalue weighted by molar-refractivity contribution is 5.71. The van der Waals surface area contributed by atoms with Gasteiger partial charge in [0.2, 0.25) is 0 Å². The van der Waals surface area contributed by atoms with Crippen LogP contribution in [0.25, 0.3) is 0 Å². The second-order valence-corrected chi connectivity index (χ2v) is 21.3. The zero-order valence-electron chi connectivity index (χ0n) is 50.9. The topological polar surface area (TPSA) is 78.9 Å². The van der Waals surface area contributed by atoms with E-state index in [0.29, 0.717) is 19.3 Å². The Morgan fingerprint density at radius 3 is 0.833 bits per heavy atom. The van der Waals surface area contributed by atoms with Crippen molar-refractivity contribution in [1.82, 2.24) is 0 Å². The summed E-state index contributed by atoms with van der Waals surface area (Å²) in [4.78, 5) is 38.2. The van der Waals surface area contributed by atoms with Gasteiger partial charge in [0.1, 0.15) is 13.2 Å². The second kappa shape index (κ2) is 65.3. The van der Waals surface area contributed by atoms with Crippen molar-refractivity contribution in [3.8, 4) is 0 Å². The van der Waals surface area contributed by atoms with Crippen LogP contribution in [0.2, 0.25) is 0 Å². The first-order chi connectivity index (χ1) is 38.5. The fraction of sp³-hybridized carbons (Fsp3) is 0.681. The second-order valence-electron chi connectivity index (χ2n) is 21.3. The van der Waals surface area contributed by atoms with Crippen LogP contribution in [0, 0.1) is 0 Å². The minimum absolute atomic E-state index is 0.0831. The molecule has 0 aromatic rings. The summed E-state index contributed by atoms with van der Waals surface area (Å²) >= 11 is 0. The SMILES string of the molecule is CC/C=C\C/C=C\C/C=C\C/C=C\C/C=C\C/C=C\C/C=C\C/C=C\CCCCCCCCCCCCC(=O)OCC(COC(=O)CCCCCCCCCCCCCC)OC(=O)CCCCCCC/C=C\C/C=C\CCC. The average Bonchev–Trinajstić information content (AvgIpc) is 3.44. The van der Waals surface area contributed by atoms with Crippen LogP contribution in [0.5, 0.6) is 0 Å². The molecular formula is C72H120O6. The summed E-state index contributed by atoms with van der Waals surface area (Å²) in [6.07, 6.45) is 90.7. The van der Waals surface area contributed by atoms with Gasteiger partial charge in [-0.3, -0.25) is 14.4 Å². The molecule has 0 aromatic carbocycles. The minimum Gasteiger partial charge on any atom is -0.462 e. The van der Waals surface area contributed by atoms with E-state index >= 15 is 0 Å². The van der Waals surface area contributed by atoms with Gasteiger partial charge < -0.3 is 14.2 Å². The van der Waals surface area contributed by atoms with Crippen molar-refractivity contribution in [3.63, 3.8) is 0 Å². The van der Waals surface area contributed by atoms with E-state index in [2.05, 4.69) is 142 Å². The lowest BCUT2D eigenvalue weighted by Crippen LogP contribution is -2.30. The van der Waals surface area contributed by atoms with Crippen LogP contribution >= 0.6 is 0 Å². The molecule has 0 N–H and O–H groups in total. The number of allylic oxidation sites excluding steroid dienone is 20. The van der Waals surface area contributed by atoms with Crippen LogP contribution < -0.4 is 0 Å². The van der Waals surface area contributed by atoms with Gasteiger partial charge in [-0.25, -0.2) is 0 Å². The minimum atomic E-state index is -0.787. The summed E-state index contributed by atoms with van der Waals surface area (Å²) in [6, 6.07) is 0. The smallest absolute Gasteiger partial charge is 0.306 e.